The van der Waals surface area contributed by atoms with Crippen molar-refractivity contribution in [2.75, 3.05) is 12.4 Å². The lowest BCUT2D eigenvalue weighted by Gasteiger charge is -2.05. The topological polar surface area (TPSA) is 41.1 Å². The molecule has 1 rings (SSSR count). The first-order valence-electron chi connectivity index (χ1n) is 3.88. The number of carbonyl (C=O) groups is 1. The zero-order valence-electron chi connectivity index (χ0n) is 7.52. The number of anilines is 1. The number of carbonyl (C=O) groups excluding carboxylic acids is 1. The van der Waals surface area contributed by atoms with Gasteiger partial charge in [0.05, 0.1) is 0 Å². The minimum atomic E-state index is -0.250. The molecule has 13 heavy (non-hydrogen) atoms. The molecule has 70 valence electrons. The third-order valence-electron chi connectivity index (χ3n) is 1.66. The predicted molar refractivity (Wildman–Crippen MR) is 54.3 cm³/mol. The zero-order valence-corrected chi connectivity index (χ0v) is 8.27. The summed E-state index contributed by atoms with van der Waals surface area (Å²) in [7, 11) is 1.56. The lowest BCUT2D eigenvalue weighted by Crippen LogP contribution is -2.24. The Hall–Kier alpha value is -1.22. The van der Waals surface area contributed by atoms with Crippen molar-refractivity contribution >= 4 is 23.3 Å². The fraction of sp³-hybridized carbons (Fsp3) is 0.222. The Morgan fingerprint density at radius 3 is 2.69 bits per heavy atom. The summed E-state index contributed by atoms with van der Waals surface area (Å²) in [5.74, 6) is 0. The lowest BCUT2D eigenvalue weighted by molar-refractivity contribution is 0.254. The van der Waals surface area contributed by atoms with E-state index in [1.165, 1.54) is 0 Å². The number of benzene rings is 1. The molecule has 0 heterocycles. The Morgan fingerprint density at radius 1 is 1.46 bits per heavy atom. The van der Waals surface area contributed by atoms with Crippen LogP contribution in [0.25, 0.3) is 0 Å². The normalized spacial score (nSPS) is 9.46. The monoisotopic (exact) mass is 198 g/mol. The van der Waals surface area contributed by atoms with Crippen molar-refractivity contribution in [1.29, 1.82) is 0 Å². The number of aryl methyl sites for hydroxylation is 1. The molecule has 0 bridgehead atoms. The number of nitrogens with one attached hydrogen (secondary N) is 2. The second-order valence-corrected chi connectivity index (χ2v) is 3.08. The summed E-state index contributed by atoms with van der Waals surface area (Å²) >= 11 is 5.87. The Bertz CT molecular complexity index is 325. The maximum Gasteiger partial charge on any atom is 0.318 e. The number of rotatable bonds is 1. The first-order chi connectivity index (χ1) is 6.13. The zero-order chi connectivity index (χ0) is 9.84. The van der Waals surface area contributed by atoms with E-state index in [0.29, 0.717) is 10.7 Å². The molecule has 0 spiro atoms. The van der Waals surface area contributed by atoms with E-state index in [1.54, 1.807) is 19.2 Å². The lowest BCUT2D eigenvalue weighted by atomic mass is 10.2. The van der Waals surface area contributed by atoms with Gasteiger partial charge in [0.15, 0.2) is 0 Å². The quantitative estimate of drug-likeness (QED) is 0.715. The largest absolute Gasteiger partial charge is 0.341 e. The molecular weight excluding hydrogens is 188 g/mol. The van der Waals surface area contributed by atoms with Gasteiger partial charge in [0.2, 0.25) is 0 Å². The van der Waals surface area contributed by atoms with Gasteiger partial charge < -0.3 is 10.6 Å². The van der Waals surface area contributed by atoms with Crippen molar-refractivity contribution in [2.24, 2.45) is 0 Å². The van der Waals surface area contributed by atoms with E-state index < -0.39 is 0 Å². The van der Waals surface area contributed by atoms with E-state index in [1.807, 2.05) is 13.0 Å². The number of halogens is 1. The minimum absolute atomic E-state index is 0.250. The summed E-state index contributed by atoms with van der Waals surface area (Å²) in [5.41, 5.74) is 1.68. The van der Waals surface area contributed by atoms with Gasteiger partial charge in [-0.25, -0.2) is 4.79 Å². The highest BCUT2D eigenvalue weighted by molar-refractivity contribution is 6.31. The van der Waals surface area contributed by atoms with Crippen LogP contribution < -0.4 is 10.6 Å². The molecule has 2 N–H and O–H groups in total. The smallest absolute Gasteiger partial charge is 0.318 e. The molecule has 4 heteroatoms. The standard InChI is InChI=1S/C9H11ClN2O/c1-6-3-4-7(5-8(6)10)12-9(13)11-2/h3-5H,1-2H3,(H2,11,12,13). The van der Waals surface area contributed by atoms with Crippen LogP contribution >= 0.6 is 11.6 Å². The number of urea groups is 1. The van der Waals surface area contributed by atoms with Crippen LogP contribution in [0.4, 0.5) is 10.5 Å². The predicted octanol–water partition coefficient (Wildman–Crippen LogP) is 2.40. The average Bonchev–Trinajstić information content (AvgIpc) is 2.11. The molecule has 1 aromatic carbocycles. The molecule has 2 amide bonds. The highest BCUT2D eigenvalue weighted by atomic mass is 35.5. The van der Waals surface area contributed by atoms with E-state index in [-0.39, 0.29) is 6.03 Å². The Kier molecular flexibility index (Phi) is 3.14. The summed E-state index contributed by atoms with van der Waals surface area (Å²) < 4.78 is 0. The molecule has 1 aromatic rings. The number of hydrogen-bond donors (Lipinski definition) is 2. The van der Waals surface area contributed by atoms with Crippen LogP contribution in [-0.2, 0) is 0 Å². The van der Waals surface area contributed by atoms with Gasteiger partial charge in [-0.2, -0.15) is 0 Å². The van der Waals surface area contributed by atoms with Gasteiger partial charge in [0.25, 0.3) is 0 Å². The molecule has 0 aromatic heterocycles. The van der Waals surface area contributed by atoms with Crippen LogP contribution in [0, 0.1) is 6.92 Å². The van der Waals surface area contributed by atoms with Gasteiger partial charge in [-0.15, -0.1) is 0 Å². The summed E-state index contributed by atoms with van der Waals surface area (Å²) in [6.45, 7) is 1.91. The van der Waals surface area contributed by atoms with Gasteiger partial charge >= 0.3 is 6.03 Å². The molecule has 0 saturated carbocycles. The molecule has 0 aliphatic rings. The van der Waals surface area contributed by atoms with Crippen LogP contribution in [0.5, 0.6) is 0 Å². The summed E-state index contributed by atoms with van der Waals surface area (Å²) in [6, 6.07) is 5.12. The molecule has 0 aliphatic heterocycles. The van der Waals surface area contributed by atoms with Crippen LogP contribution in [0.15, 0.2) is 18.2 Å². The van der Waals surface area contributed by atoms with Crippen molar-refractivity contribution in [3.05, 3.63) is 28.8 Å². The average molecular weight is 199 g/mol. The van der Waals surface area contributed by atoms with Crippen LogP contribution in [0.1, 0.15) is 5.56 Å². The van der Waals surface area contributed by atoms with Crippen molar-refractivity contribution in [2.45, 2.75) is 6.92 Å². The van der Waals surface area contributed by atoms with Crippen molar-refractivity contribution < 1.29 is 4.79 Å². The van der Waals surface area contributed by atoms with E-state index in [4.69, 9.17) is 11.6 Å². The molecule has 0 atom stereocenters. The summed E-state index contributed by atoms with van der Waals surface area (Å²) in [6.07, 6.45) is 0. The Balaban J connectivity index is 2.79. The third kappa shape index (κ3) is 2.63. The van der Waals surface area contributed by atoms with Gasteiger partial charge in [-0.05, 0) is 24.6 Å². The molecular formula is C9H11ClN2O. The summed E-state index contributed by atoms with van der Waals surface area (Å²) in [5, 5.41) is 5.73. The minimum Gasteiger partial charge on any atom is -0.341 e. The van der Waals surface area contributed by atoms with E-state index in [2.05, 4.69) is 10.6 Å². The SMILES string of the molecule is CNC(=O)Nc1ccc(C)c(Cl)c1. The summed E-state index contributed by atoms with van der Waals surface area (Å²) in [4.78, 5) is 10.9. The number of amides is 2. The first-order valence-corrected chi connectivity index (χ1v) is 4.26. The second-order valence-electron chi connectivity index (χ2n) is 2.67. The van der Waals surface area contributed by atoms with Crippen LogP contribution in [0.2, 0.25) is 5.02 Å². The maximum absolute atomic E-state index is 10.9. The fourth-order valence-electron chi connectivity index (χ4n) is 0.864. The maximum atomic E-state index is 10.9. The molecule has 0 fully saturated rings. The number of hydrogen-bond acceptors (Lipinski definition) is 1. The van der Waals surface area contributed by atoms with Gasteiger partial charge in [0.1, 0.15) is 0 Å². The van der Waals surface area contributed by atoms with Gasteiger partial charge in [-0.1, -0.05) is 17.7 Å². The van der Waals surface area contributed by atoms with E-state index >= 15 is 0 Å². The Morgan fingerprint density at radius 2 is 2.15 bits per heavy atom. The van der Waals surface area contributed by atoms with Crippen LogP contribution in [-0.4, -0.2) is 13.1 Å². The van der Waals surface area contributed by atoms with Crippen molar-refractivity contribution in [3.8, 4) is 0 Å². The van der Waals surface area contributed by atoms with E-state index in [9.17, 15) is 4.79 Å². The second kappa shape index (κ2) is 4.14. The van der Waals surface area contributed by atoms with Gasteiger partial charge in [-0.3, -0.25) is 0 Å². The molecule has 3 nitrogen and oxygen atoms in total. The molecule has 0 unspecified atom stereocenters. The highest BCUT2D eigenvalue weighted by Gasteiger charge is 2.00. The van der Waals surface area contributed by atoms with Crippen molar-refractivity contribution in [1.82, 2.24) is 5.32 Å². The third-order valence-corrected chi connectivity index (χ3v) is 2.06. The first kappa shape index (κ1) is 9.86. The van der Waals surface area contributed by atoms with E-state index in [0.717, 1.165) is 5.56 Å². The highest BCUT2D eigenvalue weighted by Crippen LogP contribution is 2.19. The molecule has 0 radical (unpaired) electrons. The van der Waals surface area contributed by atoms with Crippen molar-refractivity contribution in [3.63, 3.8) is 0 Å². The van der Waals surface area contributed by atoms with Gasteiger partial charge in [0, 0.05) is 17.8 Å². The molecule has 0 saturated heterocycles. The fourth-order valence-corrected chi connectivity index (χ4v) is 1.04. The van der Waals surface area contributed by atoms with Crippen LogP contribution in [0.3, 0.4) is 0 Å². The molecule has 0 aliphatic carbocycles. The Labute approximate surface area is 82.1 Å².